The molecule has 32 heavy (non-hydrogen) atoms. The van der Waals surface area contributed by atoms with E-state index in [-0.39, 0.29) is 23.8 Å². The van der Waals surface area contributed by atoms with Gasteiger partial charge in [0.25, 0.3) is 11.8 Å². The number of benzene rings is 2. The average molecular weight is 445 g/mol. The summed E-state index contributed by atoms with van der Waals surface area (Å²) in [6.07, 6.45) is -3.25. The number of nitrogens with one attached hydrogen (secondary N) is 2. The Morgan fingerprint density at radius 1 is 1.16 bits per heavy atom. The third-order valence-electron chi connectivity index (χ3n) is 4.08. The number of ether oxygens (including phenoxy) is 1. The van der Waals surface area contributed by atoms with Crippen molar-refractivity contribution in [3.63, 3.8) is 0 Å². The van der Waals surface area contributed by atoms with Gasteiger partial charge in [0.15, 0.2) is 6.61 Å². The van der Waals surface area contributed by atoms with Crippen molar-refractivity contribution in [1.82, 2.24) is 5.32 Å². The number of hydrogen-bond donors (Lipinski definition) is 2. The molecule has 0 saturated heterocycles. The highest BCUT2D eigenvalue weighted by molar-refractivity contribution is 6.09. The van der Waals surface area contributed by atoms with Gasteiger partial charge in [-0.25, -0.2) is 0 Å². The number of hydrogen-bond acceptors (Lipinski definition) is 4. The maximum absolute atomic E-state index is 12.8. The van der Waals surface area contributed by atoms with Crippen molar-refractivity contribution in [2.24, 2.45) is 5.92 Å². The van der Waals surface area contributed by atoms with Crippen molar-refractivity contribution >= 4 is 23.6 Å². The number of rotatable bonds is 8. The normalized spacial score (nSPS) is 11.6. The van der Waals surface area contributed by atoms with Crippen molar-refractivity contribution in [3.8, 4) is 11.8 Å². The summed E-state index contributed by atoms with van der Waals surface area (Å²) in [5.74, 6) is -0.339. The third kappa shape index (κ3) is 7.80. The summed E-state index contributed by atoms with van der Waals surface area (Å²) >= 11 is 0. The van der Waals surface area contributed by atoms with E-state index in [2.05, 4.69) is 10.6 Å². The molecule has 168 valence electrons. The van der Waals surface area contributed by atoms with E-state index < -0.39 is 17.6 Å². The number of nitriles is 1. The lowest BCUT2D eigenvalue weighted by atomic mass is 10.1. The standard InChI is InChI=1S/C23H22F3N3O3/c1-15(2)13-28-21(30)14-32-20-8-6-16(7-9-20)10-17(12-27)22(31)29-19-5-3-4-18(11-19)23(24,25)26/h3-11,15H,13-14H2,1-2H3,(H,28,30)(H,29,31)/b17-10-. The van der Waals surface area contributed by atoms with Crippen LogP contribution in [0.4, 0.5) is 18.9 Å². The quantitative estimate of drug-likeness (QED) is 0.465. The molecule has 2 aromatic carbocycles. The van der Waals surface area contributed by atoms with Gasteiger partial charge < -0.3 is 15.4 Å². The highest BCUT2D eigenvalue weighted by Crippen LogP contribution is 2.30. The van der Waals surface area contributed by atoms with Gasteiger partial charge in [0, 0.05) is 12.2 Å². The summed E-state index contributed by atoms with van der Waals surface area (Å²) in [4.78, 5) is 24.0. The first-order valence-electron chi connectivity index (χ1n) is 9.68. The summed E-state index contributed by atoms with van der Waals surface area (Å²) < 4.78 is 43.8. The number of halogens is 3. The predicted octanol–water partition coefficient (Wildman–Crippen LogP) is 4.40. The number of alkyl halides is 3. The fourth-order valence-electron chi connectivity index (χ4n) is 2.47. The van der Waals surface area contributed by atoms with Crippen molar-refractivity contribution in [2.75, 3.05) is 18.5 Å². The van der Waals surface area contributed by atoms with Crippen LogP contribution in [0.2, 0.25) is 0 Å². The Morgan fingerprint density at radius 2 is 1.84 bits per heavy atom. The molecule has 2 rings (SSSR count). The number of nitrogens with zero attached hydrogens (tertiary/aromatic N) is 1. The number of anilines is 1. The number of carbonyl (C=O) groups excluding carboxylic acids is 2. The Labute approximate surface area is 183 Å². The summed E-state index contributed by atoms with van der Waals surface area (Å²) in [5.41, 5.74) is -0.779. The Kier molecular flexibility index (Phi) is 8.41. The highest BCUT2D eigenvalue weighted by Gasteiger charge is 2.30. The van der Waals surface area contributed by atoms with E-state index >= 15 is 0 Å². The lowest BCUT2D eigenvalue weighted by Gasteiger charge is -2.10. The fourth-order valence-corrected chi connectivity index (χ4v) is 2.47. The summed E-state index contributed by atoms with van der Waals surface area (Å²) in [5, 5.41) is 14.3. The van der Waals surface area contributed by atoms with E-state index in [0.29, 0.717) is 23.8 Å². The molecule has 0 aliphatic rings. The van der Waals surface area contributed by atoms with Crippen molar-refractivity contribution in [2.45, 2.75) is 20.0 Å². The highest BCUT2D eigenvalue weighted by atomic mass is 19.4. The van der Waals surface area contributed by atoms with Gasteiger partial charge >= 0.3 is 6.18 Å². The maximum atomic E-state index is 12.8. The van der Waals surface area contributed by atoms with E-state index in [9.17, 15) is 28.0 Å². The summed E-state index contributed by atoms with van der Waals surface area (Å²) in [6.45, 7) is 4.35. The Bertz CT molecular complexity index is 1020. The Morgan fingerprint density at radius 3 is 2.44 bits per heavy atom. The first-order chi connectivity index (χ1) is 15.1. The largest absolute Gasteiger partial charge is 0.484 e. The van der Waals surface area contributed by atoms with E-state index in [1.54, 1.807) is 30.3 Å². The van der Waals surface area contributed by atoms with Gasteiger partial charge in [-0.05, 0) is 47.9 Å². The molecule has 0 fully saturated rings. The monoisotopic (exact) mass is 445 g/mol. The molecule has 0 atom stereocenters. The van der Waals surface area contributed by atoms with E-state index in [1.807, 2.05) is 13.8 Å². The molecule has 0 radical (unpaired) electrons. The molecule has 0 aliphatic heterocycles. The van der Waals surface area contributed by atoms with Gasteiger partial charge in [-0.1, -0.05) is 32.0 Å². The molecule has 0 aliphatic carbocycles. The first-order valence-corrected chi connectivity index (χ1v) is 9.68. The second-order valence-corrected chi connectivity index (χ2v) is 7.26. The van der Waals surface area contributed by atoms with Crippen LogP contribution < -0.4 is 15.4 Å². The van der Waals surface area contributed by atoms with Crippen LogP contribution in [0.15, 0.2) is 54.1 Å². The maximum Gasteiger partial charge on any atom is 0.416 e. The SMILES string of the molecule is CC(C)CNC(=O)COc1ccc(/C=C(/C#N)C(=O)Nc2cccc(C(F)(F)F)c2)cc1. The van der Waals surface area contributed by atoms with E-state index in [4.69, 9.17) is 4.74 Å². The molecule has 2 N–H and O–H groups in total. The minimum atomic E-state index is -4.55. The molecule has 2 amide bonds. The van der Waals surface area contributed by atoms with Gasteiger partial charge in [-0.3, -0.25) is 9.59 Å². The van der Waals surface area contributed by atoms with Crippen LogP contribution in [0.5, 0.6) is 5.75 Å². The lowest BCUT2D eigenvalue weighted by Crippen LogP contribution is -2.31. The zero-order valence-corrected chi connectivity index (χ0v) is 17.5. The fraction of sp³-hybridized carbons (Fsp3) is 0.261. The second-order valence-electron chi connectivity index (χ2n) is 7.26. The first kappa shape index (κ1) is 24.5. The van der Waals surface area contributed by atoms with Gasteiger partial charge in [-0.15, -0.1) is 0 Å². The Hall–Kier alpha value is -3.80. The molecule has 0 unspecified atom stereocenters. The van der Waals surface area contributed by atoms with Crippen LogP contribution in [-0.4, -0.2) is 25.0 Å². The number of amides is 2. The minimum absolute atomic E-state index is 0.0783. The summed E-state index contributed by atoms with van der Waals surface area (Å²) in [6, 6.07) is 12.2. The van der Waals surface area contributed by atoms with Crippen molar-refractivity contribution in [1.29, 1.82) is 5.26 Å². The van der Waals surface area contributed by atoms with Crippen molar-refractivity contribution in [3.05, 3.63) is 65.2 Å². The number of carbonyl (C=O) groups is 2. The topological polar surface area (TPSA) is 91.2 Å². The molecule has 0 spiro atoms. The summed E-state index contributed by atoms with van der Waals surface area (Å²) in [7, 11) is 0. The zero-order chi connectivity index (χ0) is 23.7. The molecule has 6 nitrogen and oxygen atoms in total. The van der Waals surface area contributed by atoms with Crippen LogP contribution in [0.1, 0.15) is 25.0 Å². The second kappa shape index (κ2) is 11.0. The van der Waals surface area contributed by atoms with Gasteiger partial charge in [0.05, 0.1) is 5.56 Å². The zero-order valence-electron chi connectivity index (χ0n) is 17.5. The molecule has 0 bridgehead atoms. The predicted molar refractivity (Wildman–Crippen MR) is 113 cm³/mol. The van der Waals surface area contributed by atoms with Crippen LogP contribution in [-0.2, 0) is 15.8 Å². The van der Waals surface area contributed by atoms with Gasteiger partial charge in [0.2, 0.25) is 0 Å². The van der Waals surface area contributed by atoms with Crippen LogP contribution in [0.3, 0.4) is 0 Å². The molecule has 0 aromatic heterocycles. The smallest absolute Gasteiger partial charge is 0.416 e. The lowest BCUT2D eigenvalue weighted by molar-refractivity contribution is -0.137. The van der Waals surface area contributed by atoms with E-state index in [0.717, 1.165) is 18.2 Å². The minimum Gasteiger partial charge on any atom is -0.484 e. The van der Waals surface area contributed by atoms with Gasteiger partial charge in [-0.2, -0.15) is 18.4 Å². The molecule has 0 saturated carbocycles. The molecule has 2 aromatic rings. The third-order valence-corrected chi connectivity index (χ3v) is 4.08. The molecular weight excluding hydrogens is 423 g/mol. The molecular formula is C23H22F3N3O3. The molecule has 0 heterocycles. The van der Waals surface area contributed by atoms with Crippen LogP contribution in [0.25, 0.3) is 6.08 Å². The molecule has 9 heteroatoms. The van der Waals surface area contributed by atoms with E-state index in [1.165, 1.54) is 12.1 Å². The average Bonchev–Trinajstić information content (AvgIpc) is 2.74. The van der Waals surface area contributed by atoms with Crippen LogP contribution >= 0.6 is 0 Å². The van der Waals surface area contributed by atoms with Gasteiger partial charge in [0.1, 0.15) is 17.4 Å². The Balaban J connectivity index is 2.01. The van der Waals surface area contributed by atoms with Crippen LogP contribution in [0, 0.1) is 17.2 Å². The van der Waals surface area contributed by atoms with Crippen molar-refractivity contribution < 1.29 is 27.5 Å².